The van der Waals surface area contributed by atoms with Gasteiger partial charge in [0.05, 0.1) is 5.56 Å². The molecule has 0 saturated heterocycles. The van der Waals surface area contributed by atoms with E-state index in [1.807, 2.05) is 12.1 Å². The normalized spacial score (nSPS) is 19.1. The number of hydrogen-bond donors (Lipinski definition) is 0. The van der Waals surface area contributed by atoms with E-state index in [-0.39, 0.29) is 5.78 Å². The molecule has 0 spiro atoms. The maximum Gasteiger partial charge on any atom is 0.272 e. The number of para-hydroxylation sites is 1. The number of benzene rings is 1. The van der Waals surface area contributed by atoms with E-state index in [9.17, 15) is 9.70 Å². The molecule has 0 N–H and O–H groups in total. The lowest BCUT2D eigenvalue weighted by Gasteiger charge is -2.01. The Hall–Kier alpha value is -2.03. The van der Waals surface area contributed by atoms with E-state index in [1.54, 1.807) is 24.3 Å². The summed E-state index contributed by atoms with van der Waals surface area (Å²) in [4.78, 5) is 23.8. The lowest BCUT2D eigenvalue weighted by Crippen LogP contribution is -2.27. The average molecular weight is 214 g/mol. The van der Waals surface area contributed by atoms with Crippen LogP contribution in [0.4, 0.5) is 5.69 Å². The number of hydrogen-bond acceptors (Lipinski definition) is 2. The maximum atomic E-state index is 12.0. The van der Waals surface area contributed by atoms with Gasteiger partial charge in [-0.15, -0.1) is 6.58 Å². The van der Waals surface area contributed by atoms with E-state index in [2.05, 4.69) is 6.58 Å². The molecular formula is C13H12NO2+. The van der Waals surface area contributed by atoms with Crippen LogP contribution in [0, 0.1) is 4.91 Å². The number of fused-ring (bicyclic) bond motifs is 1. The van der Waals surface area contributed by atoms with Crippen molar-refractivity contribution in [2.24, 2.45) is 0 Å². The van der Waals surface area contributed by atoms with Crippen molar-refractivity contribution in [3.8, 4) is 0 Å². The zero-order valence-corrected chi connectivity index (χ0v) is 8.80. The number of carbonyl (C=O) groups excluding carboxylic acids is 1. The van der Waals surface area contributed by atoms with Crippen LogP contribution in [-0.4, -0.2) is 16.6 Å². The Bertz CT molecular complexity index is 488. The van der Waals surface area contributed by atoms with Crippen molar-refractivity contribution in [3.63, 3.8) is 0 Å². The fraction of sp³-hybridized carbons (Fsp3) is 0.154. The largest absolute Gasteiger partial charge is 0.287 e. The van der Waals surface area contributed by atoms with Crippen LogP contribution in [-0.2, 0) is 4.79 Å². The highest BCUT2D eigenvalue weighted by Gasteiger charge is 2.35. The second-order valence-corrected chi connectivity index (χ2v) is 3.66. The summed E-state index contributed by atoms with van der Waals surface area (Å²) in [7, 11) is 0. The van der Waals surface area contributed by atoms with Gasteiger partial charge in [0.1, 0.15) is 0 Å². The smallest absolute Gasteiger partial charge is 0.272 e. The van der Waals surface area contributed by atoms with Crippen molar-refractivity contribution in [1.29, 1.82) is 0 Å². The van der Waals surface area contributed by atoms with E-state index < -0.39 is 6.04 Å². The van der Waals surface area contributed by atoms with Gasteiger partial charge in [0.2, 0.25) is 5.78 Å². The van der Waals surface area contributed by atoms with Crippen LogP contribution < -0.4 is 0 Å². The molecule has 0 radical (unpaired) electrons. The molecule has 0 fully saturated rings. The standard InChI is InChI=1S/C13H12NO2/c1-2-5-12-13(15)9-8-10-6-3-4-7-11(10)14(12)16/h2-4,6-9,12H,1,5H2/q+1. The van der Waals surface area contributed by atoms with Crippen LogP contribution in [0.15, 0.2) is 43.0 Å². The van der Waals surface area contributed by atoms with Crippen LogP contribution in [0.25, 0.3) is 6.08 Å². The second kappa shape index (κ2) is 4.23. The van der Waals surface area contributed by atoms with Gasteiger partial charge in [-0.3, -0.25) is 4.79 Å². The molecule has 0 aliphatic carbocycles. The summed E-state index contributed by atoms with van der Waals surface area (Å²) in [6, 6.07) is 6.49. The number of nitrogens with zero attached hydrogens (tertiary/aromatic N) is 1. The zero-order chi connectivity index (χ0) is 11.5. The summed E-state index contributed by atoms with van der Waals surface area (Å²) in [5.41, 5.74) is 1.31. The van der Waals surface area contributed by atoms with Crippen LogP contribution >= 0.6 is 0 Å². The number of ketones is 1. The maximum absolute atomic E-state index is 12.0. The van der Waals surface area contributed by atoms with Crippen LogP contribution in [0.2, 0.25) is 0 Å². The van der Waals surface area contributed by atoms with Gasteiger partial charge in [-0.05, 0) is 18.2 Å². The molecule has 1 aromatic carbocycles. The molecule has 80 valence electrons. The monoisotopic (exact) mass is 214 g/mol. The Morgan fingerprint density at radius 3 is 2.81 bits per heavy atom. The van der Waals surface area contributed by atoms with Gasteiger partial charge in [0.15, 0.2) is 0 Å². The first-order valence-corrected chi connectivity index (χ1v) is 5.12. The van der Waals surface area contributed by atoms with Gasteiger partial charge in [-0.25, -0.2) is 0 Å². The predicted octanol–water partition coefficient (Wildman–Crippen LogP) is 2.64. The minimum absolute atomic E-state index is 0.175. The summed E-state index contributed by atoms with van der Waals surface area (Å²) in [6.07, 6.45) is 5.10. The zero-order valence-electron chi connectivity index (χ0n) is 8.80. The third kappa shape index (κ3) is 1.72. The summed E-state index contributed by atoms with van der Waals surface area (Å²) >= 11 is 0. The Morgan fingerprint density at radius 1 is 1.31 bits per heavy atom. The lowest BCUT2D eigenvalue weighted by molar-refractivity contribution is -0.489. The van der Waals surface area contributed by atoms with Gasteiger partial charge in [0, 0.05) is 22.2 Å². The van der Waals surface area contributed by atoms with Crippen molar-refractivity contribution in [3.05, 3.63) is 53.5 Å². The summed E-state index contributed by atoms with van der Waals surface area (Å²) < 4.78 is 0.777. The molecule has 0 saturated carbocycles. The molecule has 2 rings (SSSR count). The molecule has 0 aromatic heterocycles. The minimum Gasteiger partial charge on any atom is -0.287 e. The minimum atomic E-state index is -0.683. The van der Waals surface area contributed by atoms with Gasteiger partial charge >= 0.3 is 0 Å². The number of nitroso groups, excluding NO2 is 1. The topological polar surface area (TPSA) is 37.1 Å². The Kier molecular flexibility index (Phi) is 2.77. The molecule has 1 aromatic rings. The molecule has 16 heavy (non-hydrogen) atoms. The van der Waals surface area contributed by atoms with Gasteiger partial charge in [-0.1, -0.05) is 18.2 Å². The quantitative estimate of drug-likeness (QED) is 0.560. The van der Waals surface area contributed by atoms with Crippen molar-refractivity contribution in [1.82, 2.24) is 0 Å². The summed E-state index contributed by atoms with van der Waals surface area (Å²) in [6.45, 7) is 3.57. The highest BCUT2D eigenvalue weighted by Crippen LogP contribution is 2.25. The first-order chi connectivity index (χ1) is 7.74. The fourth-order valence-corrected chi connectivity index (χ4v) is 1.77. The second-order valence-electron chi connectivity index (χ2n) is 3.66. The van der Waals surface area contributed by atoms with E-state index in [4.69, 9.17) is 0 Å². The van der Waals surface area contributed by atoms with Crippen LogP contribution in [0.5, 0.6) is 0 Å². The van der Waals surface area contributed by atoms with Crippen molar-refractivity contribution in [2.75, 3.05) is 0 Å². The van der Waals surface area contributed by atoms with Gasteiger partial charge in [0.25, 0.3) is 11.7 Å². The highest BCUT2D eigenvalue weighted by atomic mass is 16.3. The molecule has 3 nitrogen and oxygen atoms in total. The molecule has 1 aliphatic rings. The third-order valence-electron chi connectivity index (χ3n) is 2.60. The predicted molar refractivity (Wildman–Crippen MR) is 62.4 cm³/mol. The number of carbonyl (C=O) groups is 1. The average Bonchev–Trinajstić information content (AvgIpc) is 2.42. The molecule has 1 aliphatic heterocycles. The van der Waals surface area contributed by atoms with E-state index >= 15 is 0 Å². The van der Waals surface area contributed by atoms with Crippen molar-refractivity contribution >= 4 is 17.5 Å². The first-order valence-electron chi connectivity index (χ1n) is 5.12. The van der Waals surface area contributed by atoms with E-state index in [0.717, 1.165) is 10.3 Å². The first kappa shape index (κ1) is 10.5. The fourth-order valence-electron chi connectivity index (χ4n) is 1.77. The molecular weight excluding hydrogens is 202 g/mol. The molecule has 1 atom stereocenters. The van der Waals surface area contributed by atoms with Crippen LogP contribution in [0.1, 0.15) is 12.0 Å². The molecule has 3 heteroatoms. The Morgan fingerprint density at radius 2 is 2.06 bits per heavy atom. The molecule has 1 heterocycles. The lowest BCUT2D eigenvalue weighted by atomic mass is 10.1. The summed E-state index contributed by atoms with van der Waals surface area (Å²) in [5.74, 6) is -0.175. The van der Waals surface area contributed by atoms with Crippen molar-refractivity contribution < 1.29 is 9.55 Å². The Labute approximate surface area is 93.7 Å². The third-order valence-corrected chi connectivity index (χ3v) is 2.60. The number of rotatable bonds is 2. The van der Waals surface area contributed by atoms with Gasteiger partial charge in [-0.2, -0.15) is 0 Å². The summed E-state index contributed by atoms with van der Waals surface area (Å²) in [5, 5.41) is 0. The van der Waals surface area contributed by atoms with E-state index in [0.29, 0.717) is 12.1 Å². The Balaban J connectivity index is 2.50. The van der Waals surface area contributed by atoms with E-state index in [1.165, 1.54) is 6.08 Å². The van der Waals surface area contributed by atoms with Crippen molar-refractivity contribution in [2.45, 2.75) is 12.5 Å². The van der Waals surface area contributed by atoms with Crippen LogP contribution in [0.3, 0.4) is 0 Å². The molecule has 1 unspecified atom stereocenters. The SMILES string of the molecule is C=CCC1C(=O)C=Cc2ccccc2[N+]1=O. The van der Waals surface area contributed by atoms with Gasteiger partial charge < -0.3 is 0 Å². The molecule has 0 amide bonds. The highest BCUT2D eigenvalue weighted by molar-refractivity contribution is 5.98. The molecule has 0 bridgehead atoms.